The minimum atomic E-state index is -0.292. The lowest BCUT2D eigenvalue weighted by molar-refractivity contribution is -0.119. The number of nitrogens with one attached hydrogen (secondary N) is 1. The van der Waals surface area contributed by atoms with Gasteiger partial charge in [-0.05, 0) is 45.3 Å². The lowest BCUT2D eigenvalue weighted by Gasteiger charge is -2.33. The standard InChI is InChI=1S/C19H30N4O2/c1-14-6-8-16(9-7-14)17(22(2)3)12-21-19(25)23-10-4-5-15(13-23)11-18(20)24/h6-9,15,17H,4-5,10-13H2,1-3H3,(H2,20,24)(H,21,25). The monoisotopic (exact) mass is 346 g/mol. The molecule has 0 spiro atoms. The van der Waals surface area contributed by atoms with Crippen molar-refractivity contribution in [2.75, 3.05) is 33.7 Å². The van der Waals surface area contributed by atoms with Crippen LogP contribution in [0, 0.1) is 12.8 Å². The maximum Gasteiger partial charge on any atom is 0.317 e. The Morgan fingerprint density at radius 2 is 2.00 bits per heavy atom. The predicted octanol–water partition coefficient (Wildman–Crippen LogP) is 1.89. The van der Waals surface area contributed by atoms with Gasteiger partial charge in [0.25, 0.3) is 0 Å². The minimum Gasteiger partial charge on any atom is -0.370 e. The smallest absolute Gasteiger partial charge is 0.317 e. The van der Waals surface area contributed by atoms with Crippen molar-refractivity contribution >= 4 is 11.9 Å². The van der Waals surface area contributed by atoms with Gasteiger partial charge in [0, 0.05) is 26.1 Å². The summed E-state index contributed by atoms with van der Waals surface area (Å²) in [5.74, 6) is -0.113. The van der Waals surface area contributed by atoms with Crippen LogP contribution in [0.5, 0.6) is 0 Å². The number of primary amides is 1. The van der Waals surface area contributed by atoms with E-state index in [-0.39, 0.29) is 23.9 Å². The molecular weight excluding hydrogens is 316 g/mol. The number of nitrogens with zero attached hydrogens (tertiary/aromatic N) is 2. The maximum absolute atomic E-state index is 12.5. The number of carbonyl (C=O) groups excluding carboxylic acids is 2. The van der Waals surface area contributed by atoms with Gasteiger partial charge >= 0.3 is 6.03 Å². The second-order valence-electron chi connectivity index (χ2n) is 7.20. The molecular formula is C19H30N4O2. The van der Waals surface area contributed by atoms with Crippen LogP contribution >= 0.6 is 0 Å². The summed E-state index contributed by atoms with van der Waals surface area (Å²) in [6.07, 6.45) is 2.23. The number of carbonyl (C=O) groups is 2. The minimum absolute atomic E-state index is 0.0619. The number of urea groups is 1. The molecule has 6 heteroatoms. The number of benzene rings is 1. The first-order valence-electron chi connectivity index (χ1n) is 8.91. The van der Waals surface area contributed by atoms with Crippen LogP contribution in [-0.2, 0) is 4.79 Å². The third kappa shape index (κ3) is 5.74. The number of amides is 3. The summed E-state index contributed by atoms with van der Waals surface area (Å²) >= 11 is 0. The van der Waals surface area contributed by atoms with Crippen LogP contribution < -0.4 is 11.1 Å². The van der Waals surface area contributed by atoms with Crippen LogP contribution in [0.15, 0.2) is 24.3 Å². The molecule has 3 amide bonds. The first kappa shape index (κ1) is 19.2. The van der Waals surface area contributed by atoms with Crippen molar-refractivity contribution in [3.8, 4) is 0 Å². The molecule has 2 rings (SSSR count). The molecule has 1 aliphatic heterocycles. The second kappa shape index (κ2) is 8.85. The summed E-state index contributed by atoms with van der Waals surface area (Å²) in [6, 6.07) is 8.45. The first-order valence-corrected chi connectivity index (χ1v) is 8.91. The van der Waals surface area contributed by atoms with Crippen molar-refractivity contribution < 1.29 is 9.59 Å². The Bertz CT molecular complexity index is 586. The Morgan fingerprint density at radius 3 is 2.60 bits per heavy atom. The zero-order valence-corrected chi connectivity index (χ0v) is 15.5. The fourth-order valence-corrected chi connectivity index (χ4v) is 3.38. The molecule has 1 aromatic carbocycles. The molecule has 3 N–H and O–H groups in total. The molecule has 1 saturated heterocycles. The summed E-state index contributed by atoms with van der Waals surface area (Å²) in [4.78, 5) is 27.5. The molecule has 0 bridgehead atoms. The summed E-state index contributed by atoms with van der Waals surface area (Å²) in [5, 5.41) is 3.05. The van der Waals surface area contributed by atoms with Crippen molar-refractivity contribution in [2.24, 2.45) is 11.7 Å². The molecule has 0 aliphatic carbocycles. The van der Waals surface area contributed by atoms with Crippen molar-refractivity contribution in [3.05, 3.63) is 35.4 Å². The maximum atomic E-state index is 12.5. The lowest BCUT2D eigenvalue weighted by atomic mass is 9.95. The van der Waals surface area contributed by atoms with Gasteiger partial charge in [0.05, 0.1) is 6.04 Å². The van der Waals surface area contributed by atoms with E-state index >= 15 is 0 Å². The van der Waals surface area contributed by atoms with E-state index < -0.39 is 0 Å². The predicted molar refractivity (Wildman–Crippen MR) is 99.1 cm³/mol. The molecule has 6 nitrogen and oxygen atoms in total. The van der Waals surface area contributed by atoms with E-state index in [2.05, 4.69) is 41.4 Å². The van der Waals surface area contributed by atoms with E-state index in [9.17, 15) is 9.59 Å². The summed E-state index contributed by atoms with van der Waals surface area (Å²) in [6.45, 7) is 3.95. The Labute approximate surface area is 150 Å². The highest BCUT2D eigenvalue weighted by Crippen LogP contribution is 2.20. The number of hydrogen-bond donors (Lipinski definition) is 2. The van der Waals surface area contributed by atoms with E-state index in [1.54, 1.807) is 4.90 Å². The van der Waals surface area contributed by atoms with Crippen LogP contribution in [-0.4, -0.2) is 55.5 Å². The van der Waals surface area contributed by atoms with E-state index in [0.29, 0.717) is 19.5 Å². The molecule has 0 aromatic heterocycles. The fourth-order valence-electron chi connectivity index (χ4n) is 3.38. The van der Waals surface area contributed by atoms with Crippen LogP contribution in [0.4, 0.5) is 4.79 Å². The number of nitrogens with two attached hydrogens (primary N) is 1. The van der Waals surface area contributed by atoms with Gasteiger partial charge in [-0.15, -0.1) is 0 Å². The van der Waals surface area contributed by atoms with Gasteiger partial charge in [0.1, 0.15) is 0 Å². The third-order valence-electron chi connectivity index (χ3n) is 4.83. The molecule has 1 aliphatic rings. The molecule has 2 unspecified atom stereocenters. The Kier molecular flexibility index (Phi) is 6.82. The summed E-state index contributed by atoms with van der Waals surface area (Å²) in [5.41, 5.74) is 7.69. The largest absolute Gasteiger partial charge is 0.370 e. The quantitative estimate of drug-likeness (QED) is 0.826. The van der Waals surface area contributed by atoms with Crippen molar-refractivity contribution in [1.29, 1.82) is 0 Å². The van der Waals surface area contributed by atoms with Crippen molar-refractivity contribution in [1.82, 2.24) is 15.1 Å². The number of likely N-dealkylation sites (tertiary alicyclic amines) is 1. The number of rotatable bonds is 6. The topological polar surface area (TPSA) is 78.7 Å². The number of hydrogen-bond acceptors (Lipinski definition) is 3. The van der Waals surface area contributed by atoms with Gasteiger partial charge in [-0.25, -0.2) is 4.79 Å². The average molecular weight is 346 g/mol. The van der Waals surface area contributed by atoms with E-state index in [0.717, 1.165) is 19.4 Å². The summed E-state index contributed by atoms with van der Waals surface area (Å²) in [7, 11) is 4.03. The number of piperidine rings is 1. The molecule has 25 heavy (non-hydrogen) atoms. The molecule has 0 saturated carbocycles. The SMILES string of the molecule is Cc1ccc(C(CNC(=O)N2CCCC(CC(N)=O)C2)N(C)C)cc1. The van der Waals surface area contributed by atoms with Crippen molar-refractivity contribution in [3.63, 3.8) is 0 Å². The van der Waals surface area contributed by atoms with Gasteiger partial charge in [0.15, 0.2) is 0 Å². The Hall–Kier alpha value is -2.08. The molecule has 1 aromatic rings. The van der Waals surface area contributed by atoms with Crippen LogP contribution in [0.2, 0.25) is 0 Å². The normalized spacial score (nSPS) is 18.9. The average Bonchev–Trinajstić information content (AvgIpc) is 2.56. The van der Waals surface area contributed by atoms with E-state index in [1.165, 1.54) is 11.1 Å². The number of aryl methyl sites for hydroxylation is 1. The second-order valence-corrected chi connectivity index (χ2v) is 7.20. The molecule has 0 radical (unpaired) electrons. The van der Waals surface area contributed by atoms with Gasteiger partial charge in [-0.1, -0.05) is 29.8 Å². The molecule has 1 fully saturated rings. The van der Waals surface area contributed by atoms with Gasteiger partial charge < -0.3 is 20.9 Å². The zero-order chi connectivity index (χ0) is 18.4. The van der Waals surface area contributed by atoms with Gasteiger partial charge in [0.2, 0.25) is 5.91 Å². The first-order chi connectivity index (χ1) is 11.9. The van der Waals surface area contributed by atoms with Crippen LogP contribution in [0.1, 0.15) is 36.4 Å². The third-order valence-corrected chi connectivity index (χ3v) is 4.83. The highest BCUT2D eigenvalue weighted by atomic mass is 16.2. The van der Waals surface area contributed by atoms with Crippen molar-refractivity contribution in [2.45, 2.75) is 32.2 Å². The van der Waals surface area contributed by atoms with E-state index in [1.807, 2.05) is 14.1 Å². The lowest BCUT2D eigenvalue weighted by Crippen LogP contribution is -2.47. The van der Waals surface area contributed by atoms with Crippen LogP contribution in [0.3, 0.4) is 0 Å². The Morgan fingerprint density at radius 1 is 1.32 bits per heavy atom. The van der Waals surface area contributed by atoms with Gasteiger partial charge in [-0.3, -0.25) is 4.79 Å². The molecule has 1 heterocycles. The highest BCUT2D eigenvalue weighted by molar-refractivity contribution is 5.75. The fraction of sp³-hybridized carbons (Fsp3) is 0.579. The zero-order valence-electron chi connectivity index (χ0n) is 15.5. The molecule has 138 valence electrons. The van der Waals surface area contributed by atoms with Crippen LogP contribution in [0.25, 0.3) is 0 Å². The summed E-state index contributed by atoms with van der Waals surface area (Å²) < 4.78 is 0. The van der Waals surface area contributed by atoms with Gasteiger partial charge in [-0.2, -0.15) is 0 Å². The Balaban J connectivity index is 1.92. The number of likely N-dealkylation sites (N-methyl/N-ethyl adjacent to an activating group) is 1. The van der Waals surface area contributed by atoms with E-state index in [4.69, 9.17) is 5.73 Å². The molecule has 2 atom stereocenters. The highest BCUT2D eigenvalue weighted by Gasteiger charge is 2.25.